The molecule has 43 heavy (non-hydrogen) atoms. The number of aromatic nitrogens is 1. The lowest BCUT2D eigenvalue weighted by Crippen LogP contribution is -2.91. The molecule has 6 N–H and O–H groups in total. The van der Waals surface area contributed by atoms with Crippen molar-refractivity contribution < 1.29 is 24.8 Å². The number of anilines is 2. The van der Waals surface area contributed by atoms with E-state index in [0.717, 1.165) is 28.1 Å². The quantitative estimate of drug-likeness (QED) is 0.139. The molecule has 1 heterocycles. The summed E-state index contributed by atoms with van der Waals surface area (Å²) in [5, 5.41) is 6.30. The van der Waals surface area contributed by atoms with Gasteiger partial charge in [0.05, 0.1) is 12.1 Å². The zero-order chi connectivity index (χ0) is 30.2. The highest BCUT2D eigenvalue weighted by atomic mass is 16.5. The van der Waals surface area contributed by atoms with Gasteiger partial charge in [-0.05, 0) is 73.5 Å². The van der Waals surface area contributed by atoms with Gasteiger partial charge < -0.3 is 20.2 Å². The van der Waals surface area contributed by atoms with Crippen molar-refractivity contribution in [2.75, 3.05) is 10.7 Å². The fourth-order valence-electron chi connectivity index (χ4n) is 4.54. The minimum Gasteiger partial charge on any atom is -0.487 e. The molecular formula is C35H37N5O3+2. The van der Waals surface area contributed by atoms with Crippen LogP contribution >= 0.6 is 0 Å². The number of carbonyl (C=O) groups is 1. The Hall–Kier alpha value is -5.21. The van der Waals surface area contributed by atoms with Crippen LogP contribution in [0.25, 0.3) is 11.5 Å². The Kier molecular flexibility index (Phi) is 8.98. The van der Waals surface area contributed by atoms with Crippen molar-refractivity contribution in [1.82, 2.24) is 4.98 Å². The Labute approximate surface area is 251 Å². The first-order valence-electron chi connectivity index (χ1n) is 14.2. The Morgan fingerprint density at radius 3 is 2.35 bits per heavy atom. The predicted octanol–water partition coefficient (Wildman–Crippen LogP) is 4.27. The summed E-state index contributed by atoms with van der Waals surface area (Å²) in [6.45, 7) is 5.99. The van der Waals surface area contributed by atoms with Gasteiger partial charge in [0.2, 0.25) is 5.89 Å². The molecule has 0 aliphatic rings. The Morgan fingerprint density at radius 2 is 1.60 bits per heavy atom. The maximum atomic E-state index is 13.5. The normalized spacial score (nSPS) is 12.8. The summed E-state index contributed by atoms with van der Waals surface area (Å²) in [6.07, 6.45) is 0.430. The highest BCUT2D eigenvalue weighted by Crippen LogP contribution is 2.23. The maximum Gasteiger partial charge on any atom is 0.296 e. The highest BCUT2D eigenvalue weighted by molar-refractivity contribution is 6.14. The Bertz CT molecular complexity index is 1710. The minimum absolute atomic E-state index is 0.227. The van der Waals surface area contributed by atoms with Crippen LogP contribution in [0.15, 0.2) is 114 Å². The molecule has 8 heteroatoms. The van der Waals surface area contributed by atoms with Crippen LogP contribution in [0.1, 0.15) is 29.5 Å². The molecule has 1 atom stereocenters. The Morgan fingerprint density at radius 1 is 0.907 bits per heavy atom. The number of nitrogens with zero attached hydrogens (tertiary/aromatic N) is 1. The molecule has 0 spiro atoms. The van der Waals surface area contributed by atoms with Crippen molar-refractivity contribution in [3.8, 4) is 17.2 Å². The van der Waals surface area contributed by atoms with E-state index in [-0.39, 0.29) is 12.5 Å². The number of nitrogens with one attached hydrogen (secondary N) is 3. The molecule has 218 valence electrons. The number of hydrazone groups is 1. The van der Waals surface area contributed by atoms with Gasteiger partial charge in [-0.1, -0.05) is 60.7 Å². The van der Waals surface area contributed by atoms with E-state index in [4.69, 9.17) is 9.15 Å². The van der Waals surface area contributed by atoms with Gasteiger partial charge in [-0.2, -0.15) is 5.43 Å². The third kappa shape index (κ3) is 7.55. The second-order valence-electron chi connectivity index (χ2n) is 10.8. The summed E-state index contributed by atoms with van der Waals surface area (Å²) < 4.78 is 12.0. The molecule has 0 radical (unpaired) electrons. The molecule has 0 fully saturated rings. The highest BCUT2D eigenvalue weighted by Gasteiger charge is 2.44. The number of hydrogen-bond acceptors (Lipinski definition) is 5. The third-order valence-electron chi connectivity index (χ3n) is 7.14. The van der Waals surface area contributed by atoms with Crippen LogP contribution in [0.5, 0.6) is 5.75 Å². The number of benzene rings is 4. The second kappa shape index (κ2) is 13.2. The average molecular weight is 576 g/mol. The van der Waals surface area contributed by atoms with Crippen molar-refractivity contribution in [2.24, 2.45) is 0 Å². The lowest BCUT2D eigenvalue weighted by Gasteiger charge is -2.19. The lowest BCUT2D eigenvalue weighted by atomic mass is 9.90. The molecule has 1 amide bonds. The summed E-state index contributed by atoms with van der Waals surface area (Å²) in [4.78, 5) is 18.1. The molecule has 5 aromatic rings. The second-order valence-corrected chi connectivity index (χ2v) is 10.8. The molecule has 0 aliphatic carbocycles. The lowest BCUT2D eigenvalue weighted by molar-refractivity contribution is -0.471. The van der Waals surface area contributed by atoms with E-state index < -0.39 is 5.54 Å². The van der Waals surface area contributed by atoms with Crippen molar-refractivity contribution in [2.45, 2.75) is 39.3 Å². The van der Waals surface area contributed by atoms with Crippen molar-refractivity contribution in [1.29, 1.82) is 0 Å². The number of amides is 1. The van der Waals surface area contributed by atoms with Gasteiger partial charge in [0.25, 0.3) is 17.2 Å². The van der Waals surface area contributed by atoms with Crippen LogP contribution in [0, 0.1) is 13.8 Å². The van der Waals surface area contributed by atoms with E-state index >= 15 is 0 Å². The first-order valence-corrected chi connectivity index (χ1v) is 14.2. The van der Waals surface area contributed by atoms with Crippen LogP contribution in [-0.2, 0) is 17.8 Å². The predicted molar refractivity (Wildman–Crippen MR) is 168 cm³/mol. The Balaban J connectivity index is 1.34. The maximum absolute atomic E-state index is 13.5. The summed E-state index contributed by atoms with van der Waals surface area (Å²) in [5.41, 5.74) is 12.5. The van der Waals surface area contributed by atoms with E-state index in [2.05, 4.69) is 26.6 Å². The standard InChI is InChI=1S/C35H35N5O3/c1-24-12-10-18-29(20-24)39-40-32(35(3,36)34(41)37-28-16-8-5-9-17-28)22-26-13-11-19-30(21-26)42-23-31-25(2)43-33(38-31)27-14-6-4-7-15-27/h4-21,39H,22-23,36H2,1-3H3,(H,37,41)/p+2. The molecule has 0 bridgehead atoms. The van der Waals surface area contributed by atoms with Gasteiger partial charge >= 0.3 is 0 Å². The number of carbonyl (C=O) groups excluding carboxylic acids is 1. The SMILES string of the molecule is Cc1cccc(N[NH+]=C(Cc2cccc(OCc3nc(-c4ccccc4)oc3C)c2)C(C)([NH3+])C(=O)Nc2ccccc2)c1. The number of rotatable bonds is 11. The first kappa shape index (κ1) is 29.3. The molecular weight excluding hydrogens is 538 g/mol. The molecule has 0 saturated heterocycles. The summed E-state index contributed by atoms with van der Waals surface area (Å²) in [7, 11) is 0. The summed E-state index contributed by atoms with van der Waals surface area (Å²) in [6, 6.07) is 35.0. The number of hydrazine groups is 1. The van der Waals surface area contributed by atoms with Gasteiger partial charge in [0.1, 0.15) is 23.8 Å². The van der Waals surface area contributed by atoms with E-state index in [1.807, 2.05) is 130 Å². The number of oxazole rings is 1. The van der Waals surface area contributed by atoms with Gasteiger partial charge in [-0.3, -0.25) is 4.79 Å². The smallest absolute Gasteiger partial charge is 0.296 e. The zero-order valence-corrected chi connectivity index (χ0v) is 24.7. The van der Waals surface area contributed by atoms with Crippen LogP contribution in [-0.4, -0.2) is 22.1 Å². The molecule has 5 rings (SSSR count). The third-order valence-corrected chi connectivity index (χ3v) is 7.14. The molecule has 4 aromatic carbocycles. The van der Waals surface area contributed by atoms with Crippen molar-refractivity contribution >= 4 is 23.0 Å². The van der Waals surface area contributed by atoms with Crippen LogP contribution in [0.4, 0.5) is 11.4 Å². The van der Waals surface area contributed by atoms with Gasteiger partial charge in [0, 0.05) is 18.2 Å². The van der Waals surface area contributed by atoms with Crippen LogP contribution in [0.2, 0.25) is 0 Å². The number of quaternary nitrogens is 1. The molecule has 1 unspecified atom stereocenters. The topological polar surface area (TPSA) is 118 Å². The monoisotopic (exact) mass is 575 g/mol. The summed E-state index contributed by atoms with van der Waals surface area (Å²) >= 11 is 0. The van der Waals surface area contributed by atoms with E-state index in [1.54, 1.807) is 0 Å². The first-order chi connectivity index (χ1) is 20.8. The molecule has 0 saturated carbocycles. The number of para-hydroxylation sites is 1. The van der Waals surface area contributed by atoms with Gasteiger partial charge in [-0.25, -0.2) is 4.98 Å². The fourth-order valence-corrected chi connectivity index (χ4v) is 4.54. The van der Waals surface area contributed by atoms with Crippen molar-refractivity contribution in [3.63, 3.8) is 0 Å². The molecule has 8 nitrogen and oxygen atoms in total. The van der Waals surface area contributed by atoms with Crippen LogP contribution < -0.4 is 26.3 Å². The van der Waals surface area contributed by atoms with E-state index in [9.17, 15) is 4.79 Å². The minimum atomic E-state index is -1.12. The van der Waals surface area contributed by atoms with Gasteiger partial charge in [0.15, 0.2) is 0 Å². The van der Waals surface area contributed by atoms with E-state index in [1.165, 1.54) is 0 Å². The molecule has 0 aliphatic heterocycles. The van der Waals surface area contributed by atoms with Crippen molar-refractivity contribution in [3.05, 3.63) is 132 Å². The van der Waals surface area contributed by atoms with Gasteiger partial charge in [-0.15, -0.1) is 5.10 Å². The average Bonchev–Trinajstić information content (AvgIpc) is 3.39. The van der Waals surface area contributed by atoms with Crippen LogP contribution in [0.3, 0.4) is 0 Å². The number of ether oxygens (including phenoxy) is 1. The number of hydrogen-bond donors (Lipinski definition) is 4. The molecule has 1 aromatic heterocycles. The zero-order valence-electron chi connectivity index (χ0n) is 24.7. The summed E-state index contributed by atoms with van der Waals surface area (Å²) in [5.74, 6) is 1.75. The number of aryl methyl sites for hydroxylation is 2. The fraction of sp³-hybridized carbons (Fsp3) is 0.171. The van der Waals surface area contributed by atoms with E-state index in [0.29, 0.717) is 35.2 Å². The largest absolute Gasteiger partial charge is 0.487 e.